The standard InChI is InChI=1S/C21H29BO/c1-16(13-14-19(4)22(8)23-21(5,6)7)18(3)15-20-12-10-9-11-17(20)2/h9-15H,2-3H2,1,4-8H3. The molecule has 0 aliphatic carbocycles. The van der Waals surface area contributed by atoms with Gasteiger partial charge < -0.3 is 4.65 Å². The van der Waals surface area contributed by atoms with Gasteiger partial charge in [-0.2, -0.15) is 0 Å². The molecule has 0 fully saturated rings. The first kappa shape index (κ1) is 19.3. The summed E-state index contributed by atoms with van der Waals surface area (Å²) in [6.07, 6.45) is 6.29. The van der Waals surface area contributed by atoms with Crippen LogP contribution in [-0.2, 0) is 4.65 Å². The van der Waals surface area contributed by atoms with E-state index in [0.717, 1.165) is 21.6 Å². The van der Waals surface area contributed by atoms with E-state index < -0.39 is 0 Å². The van der Waals surface area contributed by atoms with E-state index in [4.69, 9.17) is 4.65 Å². The van der Waals surface area contributed by atoms with Crippen LogP contribution in [0.15, 0.2) is 59.6 Å². The van der Waals surface area contributed by atoms with Crippen LogP contribution >= 0.6 is 0 Å². The van der Waals surface area contributed by atoms with Crippen molar-refractivity contribution in [2.75, 3.05) is 0 Å². The average molecular weight is 308 g/mol. The molecule has 0 aromatic heterocycles. The molecule has 0 aliphatic heterocycles. The molecule has 0 radical (unpaired) electrons. The molecule has 1 aromatic rings. The second-order valence-corrected chi connectivity index (χ2v) is 7.00. The fraction of sp³-hybridized carbons (Fsp3) is 0.333. The molecule has 2 heteroatoms. The Kier molecular flexibility index (Phi) is 6.84. The lowest BCUT2D eigenvalue weighted by molar-refractivity contribution is 0.132. The van der Waals surface area contributed by atoms with Gasteiger partial charge in [0.05, 0.1) is 0 Å². The third-order valence-corrected chi connectivity index (χ3v) is 3.66. The molecule has 0 atom stereocenters. The third-order valence-electron chi connectivity index (χ3n) is 3.66. The predicted octanol–water partition coefficient (Wildman–Crippen LogP) is 4.30. The Morgan fingerprint density at radius 2 is 1.74 bits per heavy atom. The van der Waals surface area contributed by atoms with Gasteiger partial charge in [0.25, 0.3) is 0 Å². The van der Waals surface area contributed by atoms with Gasteiger partial charge in [-0.05, 0) is 62.3 Å². The topological polar surface area (TPSA) is 9.23 Å². The largest absolute Gasteiger partial charge is 0.427 e. The molecule has 0 saturated heterocycles. The monoisotopic (exact) mass is 308 g/mol. The molecule has 1 nitrogen and oxygen atoms in total. The van der Waals surface area contributed by atoms with Crippen molar-refractivity contribution in [3.63, 3.8) is 0 Å². The van der Waals surface area contributed by atoms with Crippen molar-refractivity contribution in [3.8, 4) is 0 Å². The molecule has 0 spiro atoms. The van der Waals surface area contributed by atoms with Crippen molar-refractivity contribution in [2.24, 2.45) is 0 Å². The van der Waals surface area contributed by atoms with Crippen LogP contribution in [0.4, 0.5) is 0 Å². The molecule has 1 rings (SSSR count). The van der Waals surface area contributed by atoms with Gasteiger partial charge in [-0.25, -0.2) is 0 Å². The Morgan fingerprint density at radius 1 is 1.13 bits per heavy atom. The third kappa shape index (κ3) is 6.88. The maximum absolute atomic E-state index is 5.97. The van der Waals surface area contributed by atoms with Crippen LogP contribution in [0.2, 0.25) is 6.82 Å². The number of hydrogen-bond acceptors (Lipinski definition) is 1. The maximum Gasteiger partial charge on any atom is 0.319 e. The van der Waals surface area contributed by atoms with Gasteiger partial charge in [0, 0.05) is 5.60 Å². The van der Waals surface area contributed by atoms with Crippen molar-refractivity contribution in [1.82, 2.24) is 0 Å². The zero-order valence-corrected chi connectivity index (χ0v) is 15.4. The van der Waals surface area contributed by atoms with Gasteiger partial charge in [-0.1, -0.05) is 61.9 Å². The van der Waals surface area contributed by atoms with E-state index in [1.54, 1.807) is 0 Å². The van der Waals surface area contributed by atoms with Crippen LogP contribution in [-0.4, -0.2) is 12.5 Å². The van der Waals surface area contributed by atoms with Gasteiger partial charge in [-0.3, -0.25) is 0 Å². The minimum absolute atomic E-state index is 0.0943. The van der Waals surface area contributed by atoms with Crippen molar-refractivity contribution in [2.45, 2.75) is 47.0 Å². The van der Waals surface area contributed by atoms with Crippen LogP contribution in [0.25, 0.3) is 12.7 Å². The van der Waals surface area contributed by atoms with Crippen LogP contribution in [0, 0.1) is 0 Å². The van der Waals surface area contributed by atoms with E-state index in [1.807, 2.05) is 18.2 Å². The molecule has 0 amide bonds. The Hall–Kier alpha value is -1.80. The zero-order valence-electron chi connectivity index (χ0n) is 15.4. The number of hydrogen-bond donors (Lipinski definition) is 0. The molecule has 122 valence electrons. The summed E-state index contributed by atoms with van der Waals surface area (Å²) in [4.78, 5) is 0. The summed E-state index contributed by atoms with van der Waals surface area (Å²) in [6, 6.07) is 8.07. The van der Waals surface area contributed by atoms with Crippen molar-refractivity contribution in [3.05, 3.63) is 70.1 Å². The Labute approximate surface area is 141 Å². The smallest absolute Gasteiger partial charge is 0.319 e. The second-order valence-electron chi connectivity index (χ2n) is 7.00. The van der Waals surface area contributed by atoms with E-state index in [9.17, 15) is 0 Å². The van der Waals surface area contributed by atoms with Gasteiger partial charge in [0.2, 0.25) is 0 Å². The number of benzene rings is 1. The fourth-order valence-corrected chi connectivity index (χ4v) is 2.10. The lowest BCUT2D eigenvalue weighted by Gasteiger charge is -2.24. The Bertz CT molecular complexity index is 717. The molecule has 0 aliphatic rings. The fourth-order valence-electron chi connectivity index (χ4n) is 2.10. The summed E-state index contributed by atoms with van der Waals surface area (Å²) in [6.45, 7) is 20.8. The van der Waals surface area contributed by atoms with E-state index in [2.05, 4.69) is 78.9 Å². The van der Waals surface area contributed by atoms with Gasteiger partial charge in [-0.15, -0.1) is 0 Å². The summed E-state index contributed by atoms with van der Waals surface area (Å²) in [7, 11) is 0. The van der Waals surface area contributed by atoms with Gasteiger partial charge in [0.1, 0.15) is 0 Å². The average Bonchev–Trinajstić information content (AvgIpc) is 2.44. The lowest BCUT2D eigenvalue weighted by atomic mass is 9.62. The molecule has 1 aromatic carbocycles. The minimum Gasteiger partial charge on any atom is -0.427 e. The first-order valence-corrected chi connectivity index (χ1v) is 8.08. The predicted molar refractivity (Wildman–Crippen MR) is 105 cm³/mol. The van der Waals surface area contributed by atoms with Crippen LogP contribution in [0.3, 0.4) is 0 Å². The quantitative estimate of drug-likeness (QED) is 0.582. The first-order valence-electron chi connectivity index (χ1n) is 8.08. The number of rotatable bonds is 5. The second kappa shape index (κ2) is 8.17. The summed E-state index contributed by atoms with van der Waals surface area (Å²) in [5.41, 5.74) is 3.19. The lowest BCUT2D eigenvalue weighted by Crippen LogP contribution is -2.29. The van der Waals surface area contributed by atoms with Crippen molar-refractivity contribution < 1.29 is 4.65 Å². The molecule has 23 heavy (non-hydrogen) atoms. The van der Waals surface area contributed by atoms with E-state index in [-0.39, 0.29) is 12.5 Å². The highest BCUT2D eigenvalue weighted by Gasteiger charge is 2.19. The summed E-state index contributed by atoms with van der Waals surface area (Å²) >= 11 is 0. The first-order chi connectivity index (χ1) is 10.6. The van der Waals surface area contributed by atoms with E-state index >= 15 is 0 Å². The highest BCUT2D eigenvalue weighted by molar-refractivity contribution is 6.58. The molecule has 0 heterocycles. The van der Waals surface area contributed by atoms with Crippen LogP contribution in [0.5, 0.6) is 0 Å². The Balaban J connectivity index is 2.90. The van der Waals surface area contributed by atoms with Crippen molar-refractivity contribution >= 4 is 19.6 Å². The van der Waals surface area contributed by atoms with Gasteiger partial charge >= 0.3 is 6.92 Å². The van der Waals surface area contributed by atoms with Crippen LogP contribution < -0.4 is 10.4 Å². The molecular formula is C21H29BO. The summed E-state index contributed by atoms with van der Waals surface area (Å²) in [5.74, 6) is 0. The molecule has 0 N–H and O–H groups in total. The summed E-state index contributed by atoms with van der Waals surface area (Å²) < 4.78 is 5.97. The Morgan fingerprint density at radius 3 is 2.30 bits per heavy atom. The SMILES string of the molecule is C=C(C=c1ccccc1=C)C(C)=CC=C(C)B(C)OC(C)(C)C. The summed E-state index contributed by atoms with van der Waals surface area (Å²) in [5, 5.41) is 2.12. The number of allylic oxidation sites excluding steroid dienone is 5. The van der Waals surface area contributed by atoms with Crippen LogP contribution in [0.1, 0.15) is 34.6 Å². The zero-order chi connectivity index (χ0) is 17.6. The van der Waals surface area contributed by atoms with E-state index in [0.29, 0.717) is 0 Å². The normalized spacial score (nSPS) is 14.1. The molecule has 0 bridgehead atoms. The molecule has 0 unspecified atom stereocenters. The van der Waals surface area contributed by atoms with Gasteiger partial charge in [0.15, 0.2) is 0 Å². The molecule has 0 saturated carbocycles. The van der Waals surface area contributed by atoms with E-state index in [1.165, 1.54) is 5.47 Å². The highest BCUT2D eigenvalue weighted by atomic mass is 16.5. The maximum atomic E-state index is 5.97. The van der Waals surface area contributed by atoms with Crippen molar-refractivity contribution in [1.29, 1.82) is 0 Å². The molecular weight excluding hydrogens is 279 g/mol. The minimum atomic E-state index is -0.136. The highest BCUT2D eigenvalue weighted by Crippen LogP contribution is 2.14.